The predicted octanol–water partition coefficient (Wildman–Crippen LogP) is 5.56. The van der Waals surface area contributed by atoms with Crippen molar-refractivity contribution in [3.05, 3.63) is 64.7 Å². The molecule has 1 fully saturated rings. The predicted molar refractivity (Wildman–Crippen MR) is 152 cm³/mol. The van der Waals surface area contributed by atoms with Crippen LogP contribution in [0.5, 0.6) is 5.75 Å². The minimum atomic E-state index is -0.989. The number of fused-ring (bicyclic) bond motifs is 3. The number of imide groups is 1. The summed E-state index contributed by atoms with van der Waals surface area (Å²) in [5.74, 6) is 7.11. The van der Waals surface area contributed by atoms with Crippen LogP contribution in [-0.2, 0) is 24.5 Å². The molecule has 0 aromatic heterocycles. The van der Waals surface area contributed by atoms with Gasteiger partial charge in [-0.15, -0.1) is 4.90 Å². The fourth-order valence-corrected chi connectivity index (χ4v) is 4.98. The molecule has 5 rings (SSSR count). The summed E-state index contributed by atoms with van der Waals surface area (Å²) in [5.41, 5.74) is 0.283. The first kappa shape index (κ1) is 28.5. The molecule has 2 aromatic rings. The summed E-state index contributed by atoms with van der Waals surface area (Å²) in [4.78, 5) is 32.3. The summed E-state index contributed by atoms with van der Waals surface area (Å²) in [6.45, 7) is 13.5. The zero-order chi connectivity index (χ0) is 29.6. The van der Waals surface area contributed by atoms with Crippen LogP contribution in [0.25, 0.3) is 0 Å². The van der Waals surface area contributed by atoms with E-state index in [9.17, 15) is 9.59 Å². The van der Waals surface area contributed by atoms with Crippen molar-refractivity contribution < 1.29 is 33.3 Å². The topological polar surface area (TPSA) is 95.9 Å². The molecule has 2 amide bonds. The highest BCUT2D eigenvalue weighted by molar-refractivity contribution is 6.06. The Balaban J connectivity index is 1.58. The standard InChI is InChI=1S/C32H36N2O7/c1-21-9-8-10-22(15-21)11-12-23-13-14-25-24(16-23)32(31(19-38-25)17-37-18-31)20-39-26(33-32)34(27(35)40-29(2,3)4)28(36)41-30(5,6)7/h8-10,13-16H,17-20H2,1-7H3. The monoisotopic (exact) mass is 560 g/mol. The number of carbonyl (C=O) groups is 2. The van der Waals surface area contributed by atoms with Gasteiger partial charge in [0, 0.05) is 16.7 Å². The van der Waals surface area contributed by atoms with Crippen LogP contribution >= 0.6 is 0 Å². The van der Waals surface area contributed by atoms with Gasteiger partial charge in [-0.1, -0.05) is 24.0 Å². The highest BCUT2D eigenvalue weighted by atomic mass is 16.6. The first-order valence-electron chi connectivity index (χ1n) is 13.6. The summed E-state index contributed by atoms with van der Waals surface area (Å²) < 4.78 is 29.0. The highest BCUT2D eigenvalue weighted by Gasteiger charge is 2.65. The average Bonchev–Trinajstić information content (AvgIpc) is 3.25. The molecule has 216 valence electrons. The van der Waals surface area contributed by atoms with Crippen LogP contribution in [0.15, 0.2) is 47.5 Å². The SMILES string of the molecule is Cc1cccc(C#Cc2ccc3c(c2)C2(COC(N(C(=O)OC(C)(C)C)C(=O)OC(C)(C)C)=N2)C2(COC2)CO3)c1. The van der Waals surface area contributed by atoms with Crippen molar-refractivity contribution in [1.82, 2.24) is 4.90 Å². The number of rotatable bonds is 0. The Hall–Kier alpha value is -4.03. The summed E-state index contributed by atoms with van der Waals surface area (Å²) in [5, 5.41) is 0. The number of carbonyl (C=O) groups excluding carboxylic acids is 2. The summed E-state index contributed by atoms with van der Waals surface area (Å²) in [6.07, 6.45) is -1.88. The van der Waals surface area contributed by atoms with Crippen LogP contribution in [0.3, 0.4) is 0 Å². The van der Waals surface area contributed by atoms with Crippen LogP contribution in [0.2, 0.25) is 0 Å². The number of amides is 2. The molecule has 41 heavy (non-hydrogen) atoms. The van der Waals surface area contributed by atoms with E-state index in [2.05, 4.69) is 11.8 Å². The van der Waals surface area contributed by atoms with Gasteiger partial charge in [-0.3, -0.25) is 0 Å². The fraction of sp³-hybridized carbons (Fsp3) is 0.469. The molecular formula is C32H36N2O7. The van der Waals surface area contributed by atoms with Crippen molar-refractivity contribution in [2.75, 3.05) is 26.4 Å². The number of aliphatic imine (C=N–C) groups is 1. The molecule has 9 nitrogen and oxygen atoms in total. The highest BCUT2D eigenvalue weighted by Crippen LogP contribution is 2.56. The molecule has 0 radical (unpaired) electrons. The lowest BCUT2D eigenvalue weighted by molar-refractivity contribution is -0.185. The maximum atomic E-state index is 13.3. The normalized spacial score (nSPS) is 20.4. The second-order valence-electron chi connectivity index (χ2n) is 12.7. The minimum Gasteiger partial charge on any atom is -0.492 e. The average molecular weight is 561 g/mol. The van der Waals surface area contributed by atoms with Crippen LogP contribution in [-0.4, -0.2) is 60.7 Å². The van der Waals surface area contributed by atoms with Crippen molar-refractivity contribution in [2.24, 2.45) is 10.4 Å². The Kier molecular flexibility index (Phi) is 7.03. The third-order valence-electron chi connectivity index (χ3n) is 6.97. The zero-order valence-corrected chi connectivity index (χ0v) is 24.6. The molecule has 1 atom stereocenters. The van der Waals surface area contributed by atoms with Crippen molar-refractivity contribution in [3.63, 3.8) is 0 Å². The van der Waals surface area contributed by atoms with Gasteiger partial charge in [0.25, 0.3) is 0 Å². The lowest BCUT2D eigenvalue weighted by Crippen LogP contribution is -2.63. The van der Waals surface area contributed by atoms with Crippen molar-refractivity contribution in [2.45, 2.75) is 65.2 Å². The van der Waals surface area contributed by atoms with Crippen LogP contribution in [0.4, 0.5) is 9.59 Å². The quantitative estimate of drug-likeness (QED) is 0.390. The van der Waals surface area contributed by atoms with E-state index in [1.807, 2.05) is 49.4 Å². The number of nitrogens with zero attached hydrogens (tertiary/aromatic N) is 2. The van der Waals surface area contributed by atoms with E-state index in [4.69, 9.17) is 28.7 Å². The lowest BCUT2D eigenvalue weighted by atomic mass is 9.64. The molecule has 2 spiro atoms. The van der Waals surface area contributed by atoms with E-state index in [-0.39, 0.29) is 12.6 Å². The van der Waals surface area contributed by atoms with Gasteiger partial charge in [0.05, 0.1) is 18.6 Å². The molecule has 0 saturated carbocycles. The number of amidine groups is 1. The van der Waals surface area contributed by atoms with Crippen LogP contribution < -0.4 is 4.74 Å². The maximum Gasteiger partial charge on any atom is 0.428 e. The van der Waals surface area contributed by atoms with Crippen molar-refractivity contribution in [1.29, 1.82) is 0 Å². The Bertz CT molecular complexity index is 1440. The summed E-state index contributed by atoms with van der Waals surface area (Å²) in [7, 11) is 0. The molecule has 1 unspecified atom stereocenters. The van der Waals surface area contributed by atoms with E-state index in [0.29, 0.717) is 25.6 Å². The molecule has 0 N–H and O–H groups in total. The minimum absolute atomic E-state index is 0.0684. The number of ether oxygens (including phenoxy) is 5. The molecule has 0 bridgehead atoms. The molecule has 0 aliphatic carbocycles. The van der Waals surface area contributed by atoms with E-state index in [1.165, 1.54) is 0 Å². The van der Waals surface area contributed by atoms with Gasteiger partial charge in [0.2, 0.25) is 0 Å². The number of benzene rings is 2. The number of hydrogen-bond acceptors (Lipinski definition) is 8. The Morgan fingerprint density at radius 3 is 2.05 bits per heavy atom. The summed E-state index contributed by atoms with van der Waals surface area (Å²) in [6, 6.07) is 13.5. The van der Waals surface area contributed by atoms with Gasteiger partial charge < -0.3 is 23.7 Å². The molecular weight excluding hydrogens is 524 g/mol. The zero-order valence-electron chi connectivity index (χ0n) is 24.6. The first-order valence-corrected chi connectivity index (χ1v) is 13.6. The van der Waals surface area contributed by atoms with Gasteiger partial charge in [0.1, 0.15) is 35.7 Å². The molecule has 3 heterocycles. The van der Waals surface area contributed by atoms with Crippen molar-refractivity contribution in [3.8, 4) is 17.6 Å². The lowest BCUT2D eigenvalue weighted by Gasteiger charge is -2.53. The van der Waals surface area contributed by atoms with E-state index in [1.54, 1.807) is 41.5 Å². The largest absolute Gasteiger partial charge is 0.492 e. The second kappa shape index (κ2) is 10.1. The third kappa shape index (κ3) is 5.62. The Labute approximate surface area is 240 Å². The number of hydrogen-bond donors (Lipinski definition) is 0. The summed E-state index contributed by atoms with van der Waals surface area (Å²) >= 11 is 0. The first-order chi connectivity index (χ1) is 19.2. The van der Waals surface area contributed by atoms with E-state index < -0.39 is 34.3 Å². The Morgan fingerprint density at radius 2 is 1.49 bits per heavy atom. The van der Waals surface area contributed by atoms with Crippen LogP contribution in [0, 0.1) is 24.2 Å². The fourth-order valence-electron chi connectivity index (χ4n) is 4.98. The van der Waals surface area contributed by atoms with Gasteiger partial charge in [-0.05, 0) is 84.4 Å². The molecule has 9 heteroatoms. The smallest absolute Gasteiger partial charge is 0.428 e. The van der Waals surface area contributed by atoms with Crippen LogP contribution in [0.1, 0.15) is 63.8 Å². The molecule has 3 aliphatic rings. The van der Waals surface area contributed by atoms with Gasteiger partial charge in [-0.2, -0.15) is 0 Å². The van der Waals surface area contributed by atoms with Gasteiger partial charge >= 0.3 is 18.2 Å². The van der Waals surface area contributed by atoms with Gasteiger partial charge in [0.15, 0.2) is 0 Å². The van der Waals surface area contributed by atoms with E-state index in [0.717, 1.165) is 27.2 Å². The molecule has 2 aromatic carbocycles. The third-order valence-corrected chi connectivity index (χ3v) is 6.97. The Morgan fingerprint density at radius 1 is 0.854 bits per heavy atom. The van der Waals surface area contributed by atoms with E-state index >= 15 is 0 Å². The second-order valence-corrected chi connectivity index (χ2v) is 12.7. The van der Waals surface area contributed by atoms with Crippen molar-refractivity contribution >= 4 is 18.2 Å². The van der Waals surface area contributed by atoms with Gasteiger partial charge in [-0.25, -0.2) is 14.6 Å². The molecule has 1 saturated heterocycles. The number of aryl methyl sites for hydroxylation is 1. The maximum absolute atomic E-state index is 13.3. The molecule has 3 aliphatic heterocycles.